The van der Waals surface area contributed by atoms with E-state index in [0.717, 1.165) is 43.7 Å². The molecular weight excluding hydrogens is 357 g/mol. The van der Waals surface area contributed by atoms with Crippen LogP contribution in [0.25, 0.3) is 43.6 Å². The van der Waals surface area contributed by atoms with Crippen LogP contribution in [0.4, 0.5) is 0 Å². The molecule has 0 fully saturated rings. The Hall–Kier alpha value is -3.21. The van der Waals surface area contributed by atoms with E-state index < -0.39 is 0 Å². The van der Waals surface area contributed by atoms with Crippen LogP contribution in [0.15, 0.2) is 85.1 Å². The quantitative estimate of drug-likeness (QED) is 0.284. The lowest BCUT2D eigenvalue weighted by Crippen LogP contribution is -2.21. The van der Waals surface area contributed by atoms with Crippen LogP contribution in [-0.2, 0) is 4.65 Å². The summed E-state index contributed by atoms with van der Waals surface area (Å²) in [5.41, 5.74) is 3.30. The van der Waals surface area contributed by atoms with Crippen LogP contribution in [0.3, 0.4) is 0 Å². The van der Waals surface area contributed by atoms with E-state index in [2.05, 4.69) is 78.9 Å². The Balaban J connectivity index is 1.90. The number of hydrogen-bond acceptors (Lipinski definition) is 3. The number of pyridine rings is 1. The van der Waals surface area contributed by atoms with E-state index in [-0.39, 0.29) is 6.61 Å². The minimum absolute atomic E-state index is 0.0217. The average Bonchev–Trinajstić information content (AvgIpc) is 2.78. The number of aliphatic hydroxyl groups excluding tert-OH is 1. The van der Waals surface area contributed by atoms with Gasteiger partial charge in [0, 0.05) is 17.1 Å². The van der Waals surface area contributed by atoms with E-state index in [1.165, 1.54) is 5.39 Å². The van der Waals surface area contributed by atoms with Gasteiger partial charge in [-0.25, -0.2) is 0 Å². The van der Waals surface area contributed by atoms with Gasteiger partial charge in [0.2, 0.25) is 0 Å². The van der Waals surface area contributed by atoms with Gasteiger partial charge in [-0.15, -0.1) is 0 Å². The zero-order chi connectivity index (χ0) is 19.6. The predicted molar refractivity (Wildman–Crippen MR) is 122 cm³/mol. The number of rotatable bonds is 5. The van der Waals surface area contributed by atoms with Crippen molar-refractivity contribution in [1.82, 2.24) is 4.98 Å². The summed E-state index contributed by atoms with van der Waals surface area (Å²) in [6.07, 6.45) is 1.89. The zero-order valence-electron chi connectivity index (χ0n) is 16.0. The van der Waals surface area contributed by atoms with Crippen LogP contribution < -0.4 is 5.46 Å². The molecule has 0 aliphatic rings. The lowest BCUT2D eigenvalue weighted by atomic mass is 9.77. The highest BCUT2D eigenvalue weighted by molar-refractivity contribution is 6.56. The van der Waals surface area contributed by atoms with Gasteiger partial charge < -0.3 is 9.76 Å². The summed E-state index contributed by atoms with van der Waals surface area (Å²) in [6, 6.07) is 27.3. The first kappa shape index (κ1) is 17.9. The maximum Gasteiger partial charge on any atom is 0.309 e. The minimum atomic E-state index is 0.0217. The lowest BCUT2D eigenvalue weighted by molar-refractivity contribution is 0.209. The summed E-state index contributed by atoms with van der Waals surface area (Å²) in [5.74, 6) is 0. The molecule has 0 unspecified atom stereocenters. The first-order valence-electron chi connectivity index (χ1n) is 9.83. The SMILES string of the molecule is OCCOBc1c2ccccc2c(-c2nccc3ccccc23)c2ccccc12. The van der Waals surface area contributed by atoms with Gasteiger partial charge in [-0.05, 0) is 38.5 Å². The monoisotopic (exact) mass is 377 g/mol. The molecule has 5 rings (SSSR count). The van der Waals surface area contributed by atoms with Gasteiger partial charge in [0.1, 0.15) is 0 Å². The van der Waals surface area contributed by atoms with Crippen molar-refractivity contribution in [2.45, 2.75) is 0 Å². The first-order chi connectivity index (χ1) is 14.4. The fourth-order valence-electron chi connectivity index (χ4n) is 4.19. The Labute approximate surface area is 169 Å². The fourth-order valence-corrected chi connectivity index (χ4v) is 4.19. The Morgan fingerprint density at radius 2 is 1.31 bits per heavy atom. The van der Waals surface area contributed by atoms with Crippen molar-refractivity contribution < 1.29 is 9.76 Å². The molecule has 0 spiro atoms. The number of benzene rings is 4. The van der Waals surface area contributed by atoms with Crippen LogP contribution in [0.5, 0.6) is 0 Å². The van der Waals surface area contributed by atoms with Crippen molar-refractivity contribution in [3.63, 3.8) is 0 Å². The molecule has 3 nitrogen and oxygen atoms in total. The van der Waals surface area contributed by atoms with Crippen LogP contribution >= 0.6 is 0 Å². The fraction of sp³-hybridized carbons (Fsp3) is 0.0800. The van der Waals surface area contributed by atoms with E-state index in [1.807, 2.05) is 6.20 Å². The molecule has 0 bridgehead atoms. The van der Waals surface area contributed by atoms with E-state index in [1.54, 1.807) is 0 Å². The highest BCUT2D eigenvalue weighted by atomic mass is 16.4. The smallest absolute Gasteiger partial charge is 0.309 e. The minimum Gasteiger partial charge on any atom is -0.432 e. The number of aliphatic hydroxyl groups is 1. The molecule has 140 valence electrons. The number of aromatic nitrogens is 1. The summed E-state index contributed by atoms with van der Waals surface area (Å²) in [6.45, 7) is 0.350. The molecule has 4 aromatic carbocycles. The number of hydrogen-bond donors (Lipinski definition) is 1. The van der Waals surface area contributed by atoms with Crippen LogP contribution in [0.2, 0.25) is 0 Å². The summed E-state index contributed by atoms with van der Waals surface area (Å²) in [7, 11) is 0.463. The van der Waals surface area contributed by atoms with E-state index in [9.17, 15) is 0 Å². The molecule has 0 saturated carbocycles. The van der Waals surface area contributed by atoms with Crippen molar-refractivity contribution in [2.75, 3.05) is 13.2 Å². The number of nitrogens with zero attached hydrogens (tertiary/aromatic N) is 1. The molecule has 5 aromatic rings. The van der Waals surface area contributed by atoms with Crippen molar-refractivity contribution in [3.8, 4) is 11.3 Å². The second-order valence-electron chi connectivity index (χ2n) is 7.10. The van der Waals surface area contributed by atoms with Gasteiger partial charge in [0.05, 0.1) is 18.9 Å². The van der Waals surface area contributed by atoms with Crippen LogP contribution in [0.1, 0.15) is 0 Å². The summed E-state index contributed by atoms with van der Waals surface area (Å²) in [5, 5.41) is 16.1. The third-order valence-corrected chi connectivity index (χ3v) is 5.44. The van der Waals surface area contributed by atoms with Gasteiger partial charge in [-0.2, -0.15) is 0 Å². The third kappa shape index (κ3) is 3.07. The highest BCUT2D eigenvalue weighted by Gasteiger charge is 2.18. The largest absolute Gasteiger partial charge is 0.432 e. The van der Waals surface area contributed by atoms with Crippen molar-refractivity contribution in [1.29, 1.82) is 0 Å². The maximum absolute atomic E-state index is 9.13. The molecule has 0 radical (unpaired) electrons. The maximum atomic E-state index is 9.13. The van der Waals surface area contributed by atoms with Gasteiger partial charge >= 0.3 is 7.48 Å². The predicted octanol–water partition coefficient (Wildman–Crippen LogP) is 4.19. The topological polar surface area (TPSA) is 42.4 Å². The standard InChI is InChI=1S/C25H20BNO2/c28-15-16-29-26-24-21-11-5-3-9-19(21)23(20-10-4-6-12-22(20)24)25-18-8-2-1-7-17(18)13-14-27-25/h1-14,26,28H,15-16H2. The molecule has 1 aromatic heterocycles. The molecule has 0 aliphatic heterocycles. The first-order valence-corrected chi connectivity index (χ1v) is 9.83. The van der Waals surface area contributed by atoms with E-state index in [0.29, 0.717) is 14.1 Å². The van der Waals surface area contributed by atoms with Crippen molar-refractivity contribution >= 4 is 45.3 Å². The summed E-state index contributed by atoms with van der Waals surface area (Å²) >= 11 is 0. The molecule has 0 saturated heterocycles. The summed E-state index contributed by atoms with van der Waals surface area (Å²) in [4.78, 5) is 4.82. The third-order valence-electron chi connectivity index (χ3n) is 5.44. The molecule has 1 N–H and O–H groups in total. The molecule has 29 heavy (non-hydrogen) atoms. The Kier molecular flexibility index (Phi) is 4.72. The molecule has 4 heteroatoms. The van der Waals surface area contributed by atoms with Crippen molar-refractivity contribution in [2.24, 2.45) is 0 Å². The van der Waals surface area contributed by atoms with E-state index in [4.69, 9.17) is 14.7 Å². The van der Waals surface area contributed by atoms with Crippen LogP contribution in [0, 0.1) is 0 Å². The second-order valence-corrected chi connectivity index (χ2v) is 7.10. The molecule has 1 heterocycles. The van der Waals surface area contributed by atoms with Crippen LogP contribution in [-0.4, -0.2) is 30.8 Å². The Morgan fingerprint density at radius 1 is 0.724 bits per heavy atom. The van der Waals surface area contributed by atoms with Crippen molar-refractivity contribution in [3.05, 3.63) is 85.1 Å². The van der Waals surface area contributed by atoms with Gasteiger partial charge in [-0.3, -0.25) is 4.98 Å². The second kappa shape index (κ2) is 7.67. The normalized spacial score (nSPS) is 11.3. The highest BCUT2D eigenvalue weighted by Crippen LogP contribution is 2.37. The van der Waals surface area contributed by atoms with Gasteiger partial charge in [0.25, 0.3) is 0 Å². The van der Waals surface area contributed by atoms with Gasteiger partial charge in [0.15, 0.2) is 0 Å². The molecule has 0 atom stereocenters. The number of fused-ring (bicyclic) bond motifs is 3. The average molecular weight is 377 g/mol. The molecule has 0 amide bonds. The lowest BCUT2D eigenvalue weighted by Gasteiger charge is -2.17. The molecule has 0 aliphatic carbocycles. The Bertz CT molecular complexity index is 1270. The summed E-state index contributed by atoms with van der Waals surface area (Å²) < 4.78 is 5.74. The zero-order valence-corrected chi connectivity index (χ0v) is 16.0. The molecular formula is C25H20BNO2. The Morgan fingerprint density at radius 3 is 1.97 bits per heavy atom. The van der Waals surface area contributed by atoms with Gasteiger partial charge in [-0.1, -0.05) is 72.8 Å². The van der Waals surface area contributed by atoms with E-state index >= 15 is 0 Å².